The molecule has 0 aliphatic rings. The van der Waals surface area contributed by atoms with E-state index in [9.17, 15) is 0 Å². The van der Waals surface area contributed by atoms with Crippen LogP contribution in [0.2, 0.25) is 0 Å². The molecule has 0 aromatic rings. The molecule has 0 spiro atoms. The first-order chi connectivity index (χ1) is 7.07. The van der Waals surface area contributed by atoms with Crippen molar-refractivity contribution in [2.24, 2.45) is 0 Å². The summed E-state index contributed by atoms with van der Waals surface area (Å²) in [6.07, 6.45) is 0. The summed E-state index contributed by atoms with van der Waals surface area (Å²) in [6, 6.07) is 0. The van der Waals surface area contributed by atoms with Crippen molar-refractivity contribution in [1.82, 2.24) is 0 Å². The van der Waals surface area contributed by atoms with Gasteiger partial charge < -0.3 is 55.3 Å². The first kappa shape index (κ1) is 37.8. The number of hydrogen-bond acceptors (Lipinski definition) is 0. The van der Waals surface area contributed by atoms with Crippen LogP contribution in [0.5, 0.6) is 0 Å². The monoisotopic (exact) mass is 303 g/mol. The van der Waals surface area contributed by atoms with E-state index in [1.807, 2.05) is 0 Å². The summed E-state index contributed by atoms with van der Waals surface area (Å²) in [5.74, 6) is 0. The molecule has 0 heterocycles. The molecule has 0 aliphatic carbocycles. The molecule has 0 amide bonds. The van der Waals surface area contributed by atoms with Gasteiger partial charge in [0.25, 0.3) is 0 Å². The van der Waals surface area contributed by atoms with E-state index < -0.39 is 0 Å². The van der Waals surface area contributed by atoms with E-state index in [1.54, 1.807) is 0 Å². The Morgan fingerprint density at radius 3 is 0.312 bits per heavy atom. The van der Waals surface area contributed by atoms with Crippen LogP contribution in [-0.4, -0.2) is 0 Å². The van der Waals surface area contributed by atoms with E-state index in [0.717, 1.165) is 0 Å². The predicted molar refractivity (Wildman–Crippen MR) is 50.4 cm³/mol. The van der Waals surface area contributed by atoms with Crippen LogP contribution in [0, 0.1) is 0 Å². The minimum atomic E-state index is 0. The Balaban J connectivity index is -0.0000000192. The van der Waals surface area contributed by atoms with Crippen molar-refractivity contribution in [3.05, 3.63) is 79.9 Å². The van der Waals surface area contributed by atoms with E-state index in [2.05, 4.69) is 0 Å². The smallest absolute Gasteiger partial charge is 0.373 e. The van der Waals surface area contributed by atoms with Crippen molar-refractivity contribution in [1.29, 1.82) is 0 Å². The third-order valence-corrected chi connectivity index (χ3v) is 0. The standard InChI is InChI=1S/5N3.Nb/c5*1-3-2;/q5*-1;+5. The second kappa shape index (κ2) is 299. The minimum absolute atomic E-state index is 0. The molecule has 0 saturated carbocycles. The van der Waals surface area contributed by atoms with Gasteiger partial charge in [-0.15, -0.1) is 0 Å². The van der Waals surface area contributed by atoms with E-state index >= 15 is 0 Å². The van der Waals surface area contributed by atoms with Crippen LogP contribution in [0.15, 0.2) is 0 Å². The van der Waals surface area contributed by atoms with Gasteiger partial charge in [0.1, 0.15) is 0 Å². The molecule has 0 aliphatic heterocycles. The van der Waals surface area contributed by atoms with Crippen molar-refractivity contribution in [2.45, 2.75) is 0 Å². The summed E-state index contributed by atoms with van der Waals surface area (Å²) in [4.78, 5) is 7.50. The molecule has 0 radical (unpaired) electrons. The zero-order valence-corrected chi connectivity index (χ0v) is 9.35. The average molecular weight is 303 g/mol. The van der Waals surface area contributed by atoms with Crippen molar-refractivity contribution in [3.8, 4) is 0 Å². The van der Waals surface area contributed by atoms with Crippen molar-refractivity contribution in [2.75, 3.05) is 0 Å². The minimum Gasteiger partial charge on any atom is -0.373 e. The van der Waals surface area contributed by atoms with Crippen LogP contribution in [-0.2, 0) is 22.4 Å². The van der Waals surface area contributed by atoms with Crippen LogP contribution in [0.25, 0.3) is 79.9 Å². The normalized spacial score (nSPS) is 2.50. The number of rotatable bonds is 0. The molecule has 16 heavy (non-hydrogen) atoms. The fourth-order valence-electron chi connectivity index (χ4n) is 0. The topological polar surface area (TPSA) is 294 Å². The van der Waals surface area contributed by atoms with Crippen molar-refractivity contribution in [3.63, 3.8) is 0 Å². The molecule has 0 aromatic carbocycles. The third-order valence-electron chi connectivity index (χ3n) is 0. The summed E-state index contributed by atoms with van der Waals surface area (Å²) in [5.41, 5.74) is 67.5. The molecule has 15 nitrogen and oxygen atoms in total. The van der Waals surface area contributed by atoms with Gasteiger partial charge in [-0.3, -0.25) is 24.6 Å². The van der Waals surface area contributed by atoms with E-state index in [1.165, 1.54) is 24.6 Å². The fraction of sp³-hybridized carbons (Fsp3) is 0. The molecule has 0 fully saturated rings. The van der Waals surface area contributed by atoms with Crippen molar-refractivity contribution >= 4 is 0 Å². The van der Waals surface area contributed by atoms with Crippen LogP contribution in [0.1, 0.15) is 0 Å². The van der Waals surface area contributed by atoms with Gasteiger partial charge in [0.05, 0.1) is 0 Å². The largest absolute Gasteiger partial charge is 5.00 e. The molecule has 0 rings (SSSR count). The van der Waals surface area contributed by atoms with Gasteiger partial charge in [-0.2, -0.15) is 0 Å². The zero-order valence-electron chi connectivity index (χ0n) is 7.16. The van der Waals surface area contributed by atoms with Crippen molar-refractivity contribution < 1.29 is 22.4 Å². The summed E-state index contributed by atoms with van der Waals surface area (Å²) in [7, 11) is 0. The van der Waals surface area contributed by atoms with Crippen LogP contribution >= 0.6 is 0 Å². The quantitative estimate of drug-likeness (QED) is 0.261. The summed E-state index contributed by atoms with van der Waals surface area (Å²) in [5, 5.41) is 0. The maximum Gasteiger partial charge on any atom is 5.00 e. The maximum absolute atomic E-state index is 6.75. The van der Waals surface area contributed by atoms with Gasteiger partial charge in [0, 0.05) is 0 Å². The van der Waals surface area contributed by atoms with E-state index in [-0.39, 0.29) is 22.4 Å². The Bertz CT molecular complexity index is 180. The van der Waals surface area contributed by atoms with Gasteiger partial charge in [0.2, 0.25) is 0 Å². The molecule has 80 valence electrons. The Morgan fingerprint density at radius 1 is 0.312 bits per heavy atom. The van der Waals surface area contributed by atoms with Gasteiger partial charge in [-0.05, 0) is 0 Å². The maximum atomic E-state index is 6.75. The van der Waals surface area contributed by atoms with Gasteiger partial charge in [-0.1, -0.05) is 0 Å². The summed E-state index contributed by atoms with van der Waals surface area (Å²) in [6.45, 7) is 0. The Labute approximate surface area is 103 Å². The third kappa shape index (κ3) is 163. The molecule has 0 unspecified atom stereocenters. The predicted octanol–water partition coefficient (Wildman–Crippen LogP) is 4.33. The van der Waals surface area contributed by atoms with Crippen LogP contribution in [0.3, 0.4) is 0 Å². The molecule has 0 bridgehead atoms. The number of nitrogens with zero attached hydrogens (tertiary/aromatic N) is 15. The van der Waals surface area contributed by atoms with Crippen LogP contribution in [0.4, 0.5) is 0 Å². The van der Waals surface area contributed by atoms with Crippen LogP contribution < -0.4 is 0 Å². The second-order valence-corrected chi connectivity index (χ2v) is 0.447. The first-order valence-corrected chi connectivity index (χ1v) is 2.00. The van der Waals surface area contributed by atoms with E-state index in [0.29, 0.717) is 0 Å². The molecule has 0 atom stereocenters. The summed E-state index contributed by atoms with van der Waals surface area (Å²) >= 11 is 0. The number of hydrogen-bond donors (Lipinski definition) is 0. The summed E-state index contributed by atoms with van der Waals surface area (Å²) < 4.78 is 0. The molecule has 16 heteroatoms. The Kier molecular flexibility index (Phi) is 705. The van der Waals surface area contributed by atoms with Gasteiger partial charge in [-0.25, -0.2) is 0 Å². The molecular weight excluding hydrogens is 303 g/mol. The molecular formula is N15Nb. The average Bonchev–Trinajstić information content (AvgIpc) is 2.09. The first-order valence-electron chi connectivity index (χ1n) is 2.00. The van der Waals surface area contributed by atoms with Gasteiger partial charge in [0.15, 0.2) is 0 Å². The second-order valence-electron chi connectivity index (χ2n) is 0.447. The fourth-order valence-corrected chi connectivity index (χ4v) is 0. The Hall–Kier alpha value is -2.71. The van der Waals surface area contributed by atoms with E-state index in [4.69, 9.17) is 55.3 Å². The Morgan fingerprint density at radius 2 is 0.312 bits per heavy atom. The molecule has 0 N–H and O–H groups in total. The zero-order chi connectivity index (χ0) is 13.5. The molecule has 0 aromatic heterocycles. The molecule has 0 saturated heterocycles. The SMILES string of the molecule is [N-]=[N+]=[N-].[N-]=[N+]=[N-].[N-]=[N+]=[N-].[N-]=[N+]=[N-].[N-]=[N+]=[N-].[Nb+5]. The van der Waals surface area contributed by atoms with Gasteiger partial charge >= 0.3 is 22.4 Å².